The first-order valence-electron chi connectivity index (χ1n) is 15.2. The van der Waals surface area contributed by atoms with Crippen LogP contribution in [0.3, 0.4) is 0 Å². The molecule has 2 heterocycles. The number of nitrogens with zero attached hydrogens (tertiary/aromatic N) is 1. The molecular formula is C35H45NO2S. The van der Waals surface area contributed by atoms with E-state index in [1.165, 1.54) is 106 Å². The molecule has 5 rings (SSSR count). The van der Waals surface area contributed by atoms with E-state index < -0.39 is 0 Å². The van der Waals surface area contributed by atoms with Crippen molar-refractivity contribution in [3.63, 3.8) is 0 Å². The third kappa shape index (κ3) is 8.05. The van der Waals surface area contributed by atoms with Crippen LogP contribution in [0.2, 0.25) is 0 Å². The number of aromatic hydroxyl groups is 1. The van der Waals surface area contributed by atoms with Crippen LogP contribution < -0.4 is 4.74 Å². The maximum atomic E-state index is 10.0. The van der Waals surface area contributed by atoms with Gasteiger partial charge in [0.25, 0.3) is 0 Å². The molecule has 0 aromatic heterocycles. The minimum absolute atomic E-state index is 0.205. The lowest BCUT2D eigenvalue weighted by Crippen LogP contribution is -2.25. The molecule has 1 saturated heterocycles. The summed E-state index contributed by atoms with van der Waals surface area (Å²) in [6.45, 7) is 4.62. The minimum atomic E-state index is 0.205. The third-order valence-corrected chi connectivity index (χ3v) is 9.55. The number of likely N-dealkylation sites (tertiary alicyclic amines) is 1. The highest BCUT2D eigenvalue weighted by Gasteiger charge is 2.33. The number of hydrogen-bond acceptors (Lipinski definition) is 4. The maximum Gasteiger partial charge on any atom is 0.126 e. The average molecular weight is 544 g/mol. The van der Waals surface area contributed by atoms with Gasteiger partial charge in [0, 0.05) is 28.4 Å². The lowest BCUT2D eigenvalue weighted by atomic mass is 9.76. The van der Waals surface area contributed by atoms with E-state index in [2.05, 4.69) is 59.5 Å². The molecule has 0 spiro atoms. The van der Waals surface area contributed by atoms with Crippen molar-refractivity contribution in [2.24, 2.45) is 0 Å². The van der Waals surface area contributed by atoms with Crippen molar-refractivity contribution in [3.05, 3.63) is 89.5 Å². The van der Waals surface area contributed by atoms with Gasteiger partial charge in [-0.15, -0.1) is 11.8 Å². The second-order valence-corrected chi connectivity index (χ2v) is 12.5. The highest BCUT2D eigenvalue weighted by molar-refractivity contribution is 7.99. The second kappa shape index (κ2) is 14.8. The van der Waals surface area contributed by atoms with Gasteiger partial charge in [0.15, 0.2) is 0 Å². The average Bonchev–Trinajstić information content (AvgIpc) is 3.50. The molecule has 39 heavy (non-hydrogen) atoms. The highest BCUT2D eigenvalue weighted by atomic mass is 32.2. The Morgan fingerprint density at radius 1 is 0.744 bits per heavy atom. The van der Waals surface area contributed by atoms with Gasteiger partial charge in [-0.1, -0.05) is 87.1 Å². The van der Waals surface area contributed by atoms with Gasteiger partial charge in [-0.05, 0) is 80.4 Å². The number of phenolic OH excluding ortho intramolecular Hbond substituents is 1. The Morgan fingerprint density at radius 3 is 2.18 bits per heavy atom. The molecule has 3 nitrogen and oxygen atoms in total. The van der Waals surface area contributed by atoms with Crippen molar-refractivity contribution in [1.29, 1.82) is 0 Å². The number of benzene rings is 3. The van der Waals surface area contributed by atoms with Crippen molar-refractivity contribution in [2.45, 2.75) is 80.9 Å². The molecule has 1 N–H and O–H groups in total. The van der Waals surface area contributed by atoms with Gasteiger partial charge in [0.2, 0.25) is 0 Å². The SMILES string of the molecule is Oc1ccc2c(c1)OC[C@H](c1ccccc1)C2c1ccc(SCCCCCCCCCCN2CCCC2)cc1. The number of hydrogen-bond donors (Lipinski definition) is 1. The molecule has 0 radical (unpaired) electrons. The van der Waals surface area contributed by atoms with Crippen LogP contribution in [0.5, 0.6) is 11.5 Å². The zero-order valence-electron chi connectivity index (χ0n) is 23.4. The Balaban J connectivity index is 1.05. The number of phenols is 1. The molecule has 208 valence electrons. The molecule has 2 aliphatic heterocycles. The Hall–Kier alpha value is -2.43. The van der Waals surface area contributed by atoms with Gasteiger partial charge in [0.05, 0.1) is 6.61 Å². The number of unbranched alkanes of at least 4 members (excludes halogenated alkanes) is 7. The van der Waals surface area contributed by atoms with E-state index in [0.29, 0.717) is 6.61 Å². The van der Waals surface area contributed by atoms with Crippen LogP contribution in [0, 0.1) is 0 Å². The zero-order chi connectivity index (χ0) is 26.7. The zero-order valence-corrected chi connectivity index (χ0v) is 24.2. The lowest BCUT2D eigenvalue weighted by Gasteiger charge is -2.34. The van der Waals surface area contributed by atoms with Gasteiger partial charge in [0.1, 0.15) is 11.5 Å². The molecule has 1 fully saturated rings. The summed E-state index contributed by atoms with van der Waals surface area (Å²) in [5, 5.41) is 10.0. The van der Waals surface area contributed by atoms with Crippen LogP contribution in [-0.4, -0.2) is 42.0 Å². The first-order valence-corrected chi connectivity index (χ1v) is 16.2. The van der Waals surface area contributed by atoms with Gasteiger partial charge >= 0.3 is 0 Å². The van der Waals surface area contributed by atoms with Crippen LogP contribution in [0.4, 0.5) is 0 Å². The Labute approximate surface area is 240 Å². The first-order chi connectivity index (χ1) is 19.3. The summed E-state index contributed by atoms with van der Waals surface area (Å²) in [6.07, 6.45) is 13.9. The fourth-order valence-electron chi connectivity index (χ4n) is 6.26. The molecule has 1 unspecified atom stereocenters. The van der Waals surface area contributed by atoms with Crippen LogP contribution in [-0.2, 0) is 0 Å². The largest absolute Gasteiger partial charge is 0.508 e. The normalized spacial score (nSPS) is 19.1. The lowest BCUT2D eigenvalue weighted by molar-refractivity contribution is 0.248. The van der Waals surface area contributed by atoms with E-state index >= 15 is 0 Å². The predicted molar refractivity (Wildman–Crippen MR) is 164 cm³/mol. The molecule has 3 aromatic carbocycles. The summed E-state index contributed by atoms with van der Waals surface area (Å²) in [7, 11) is 0. The topological polar surface area (TPSA) is 32.7 Å². The van der Waals surface area contributed by atoms with Crippen molar-refractivity contribution < 1.29 is 9.84 Å². The first kappa shape index (κ1) is 28.1. The van der Waals surface area contributed by atoms with E-state index in [4.69, 9.17) is 4.74 Å². The monoisotopic (exact) mass is 543 g/mol. The van der Waals surface area contributed by atoms with E-state index in [1.807, 2.05) is 17.8 Å². The fraction of sp³-hybridized carbons (Fsp3) is 0.486. The van der Waals surface area contributed by atoms with E-state index in [-0.39, 0.29) is 17.6 Å². The van der Waals surface area contributed by atoms with E-state index in [9.17, 15) is 5.11 Å². The minimum Gasteiger partial charge on any atom is -0.508 e. The summed E-state index contributed by atoms with van der Waals surface area (Å²) < 4.78 is 6.12. The standard InChI is InChI=1S/C35H45NO2S/c37-30-18-21-32-34(26-30)38-27-33(28-14-8-7-9-15-28)35(32)29-16-19-31(20-17-29)39-25-13-6-4-2-1-3-5-10-22-36-23-11-12-24-36/h7-9,14-21,26,33,35,37H,1-6,10-13,22-25,27H2/t33-,35?/m1/s1. The number of rotatable bonds is 14. The number of thioether (sulfide) groups is 1. The molecular weight excluding hydrogens is 498 g/mol. The van der Waals surface area contributed by atoms with E-state index in [0.717, 1.165) is 11.3 Å². The van der Waals surface area contributed by atoms with Crippen molar-refractivity contribution in [1.82, 2.24) is 4.90 Å². The van der Waals surface area contributed by atoms with Gasteiger partial charge in [-0.25, -0.2) is 0 Å². The van der Waals surface area contributed by atoms with Crippen molar-refractivity contribution in [2.75, 3.05) is 32.0 Å². The second-order valence-electron chi connectivity index (χ2n) is 11.3. The van der Waals surface area contributed by atoms with Crippen LogP contribution >= 0.6 is 11.8 Å². The van der Waals surface area contributed by atoms with Crippen LogP contribution in [0.1, 0.15) is 92.7 Å². The molecule has 3 aromatic rings. The van der Waals surface area contributed by atoms with Gasteiger partial charge in [-0.2, -0.15) is 0 Å². The van der Waals surface area contributed by atoms with Crippen molar-refractivity contribution in [3.8, 4) is 11.5 Å². The maximum absolute atomic E-state index is 10.0. The number of ether oxygens (including phenoxy) is 1. The van der Waals surface area contributed by atoms with Crippen molar-refractivity contribution >= 4 is 11.8 Å². The van der Waals surface area contributed by atoms with E-state index in [1.54, 1.807) is 12.1 Å². The summed E-state index contributed by atoms with van der Waals surface area (Å²) in [4.78, 5) is 3.99. The quantitative estimate of drug-likeness (QED) is 0.162. The Bertz CT molecular complexity index is 1130. The highest BCUT2D eigenvalue weighted by Crippen LogP contribution is 2.47. The Kier molecular flexibility index (Phi) is 10.7. The molecule has 0 bridgehead atoms. The summed E-state index contributed by atoms with van der Waals surface area (Å²) in [5.41, 5.74) is 3.76. The van der Waals surface area contributed by atoms with Crippen LogP contribution in [0.15, 0.2) is 77.7 Å². The Morgan fingerprint density at radius 2 is 1.44 bits per heavy atom. The molecule has 4 heteroatoms. The molecule has 2 atom stereocenters. The smallest absolute Gasteiger partial charge is 0.126 e. The molecule has 2 aliphatic rings. The van der Waals surface area contributed by atoms with Gasteiger partial charge < -0.3 is 14.7 Å². The predicted octanol–water partition coefficient (Wildman–Crippen LogP) is 9.01. The summed E-state index contributed by atoms with van der Waals surface area (Å²) in [6, 6.07) is 25.4. The third-order valence-electron chi connectivity index (χ3n) is 8.46. The van der Waals surface area contributed by atoms with Gasteiger partial charge in [-0.3, -0.25) is 0 Å². The number of fused-ring (bicyclic) bond motifs is 1. The summed E-state index contributed by atoms with van der Waals surface area (Å²) in [5.74, 6) is 2.70. The molecule has 0 amide bonds. The summed E-state index contributed by atoms with van der Waals surface area (Å²) >= 11 is 1.99. The van der Waals surface area contributed by atoms with Crippen LogP contribution in [0.25, 0.3) is 0 Å². The molecule has 0 aliphatic carbocycles. The fourth-order valence-corrected chi connectivity index (χ4v) is 7.18. The molecule has 0 saturated carbocycles.